The highest BCUT2D eigenvalue weighted by Crippen LogP contribution is 2.23. The lowest BCUT2D eigenvalue weighted by Crippen LogP contribution is -2.53. The van der Waals surface area contributed by atoms with Crippen LogP contribution in [0, 0.1) is 27.7 Å². The number of anilines is 1. The molecule has 0 atom stereocenters. The van der Waals surface area contributed by atoms with Gasteiger partial charge in [0.2, 0.25) is 0 Å². The molecule has 0 spiro atoms. The van der Waals surface area contributed by atoms with Crippen LogP contribution < -0.4 is 10.2 Å². The van der Waals surface area contributed by atoms with Crippen LogP contribution in [0.4, 0.5) is 5.69 Å². The molecule has 1 aromatic heterocycles. The number of benzene rings is 1. The zero-order valence-electron chi connectivity index (χ0n) is 17.6. The molecule has 2 aromatic rings. The van der Waals surface area contributed by atoms with E-state index in [-0.39, 0.29) is 24.0 Å². The number of halogens is 1. The molecule has 0 aliphatic carbocycles. The SMILES string of the molecule is CN=C(NCCc1c(C)noc1C)N1CCN(c2cccc(C)c2C)CC1.I. The number of piperazine rings is 1. The van der Waals surface area contributed by atoms with Crippen molar-refractivity contribution >= 4 is 35.6 Å². The number of rotatable bonds is 4. The maximum Gasteiger partial charge on any atom is 0.193 e. The highest BCUT2D eigenvalue weighted by Gasteiger charge is 2.21. The Morgan fingerprint density at radius 1 is 1.14 bits per heavy atom. The molecule has 28 heavy (non-hydrogen) atoms. The topological polar surface area (TPSA) is 56.9 Å². The Balaban J connectivity index is 0.00000280. The minimum atomic E-state index is 0. The molecule has 0 unspecified atom stereocenters. The van der Waals surface area contributed by atoms with E-state index in [4.69, 9.17) is 4.52 Å². The van der Waals surface area contributed by atoms with Crippen LogP contribution in [0.1, 0.15) is 28.1 Å². The highest BCUT2D eigenvalue weighted by atomic mass is 127. The minimum Gasteiger partial charge on any atom is -0.368 e. The third-order valence-corrected chi connectivity index (χ3v) is 5.55. The Morgan fingerprint density at radius 2 is 1.86 bits per heavy atom. The van der Waals surface area contributed by atoms with Gasteiger partial charge in [-0.25, -0.2) is 0 Å². The van der Waals surface area contributed by atoms with Crippen LogP contribution in [-0.4, -0.2) is 55.8 Å². The van der Waals surface area contributed by atoms with Crippen LogP contribution in [0.3, 0.4) is 0 Å². The van der Waals surface area contributed by atoms with E-state index in [0.29, 0.717) is 0 Å². The lowest BCUT2D eigenvalue weighted by atomic mass is 10.1. The monoisotopic (exact) mass is 497 g/mol. The summed E-state index contributed by atoms with van der Waals surface area (Å²) in [6.45, 7) is 13.1. The predicted octanol–water partition coefficient (Wildman–Crippen LogP) is 3.47. The summed E-state index contributed by atoms with van der Waals surface area (Å²) in [5, 5.41) is 7.52. The number of hydrogen-bond acceptors (Lipinski definition) is 4. The number of aromatic nitrogens is 1. The molecule has 0 radical (unpaired) electrons. The summed E-state index contributed by atoms with van der Waals surface area (Å²) in [7, 11) is 1.86. The molecule has 0 amide bonds. The van der Waals surface area contributed by atoms with Crippen LogP contribution in [0.25, 0.3) is 0 Å². The van der Waals surface area contributed by atoms with Gasteiger partial charge >= 0.3 is 0 Å². The molecular formula is C21H32IN5O. The predicted molar refractivity (Wildman–Crippen MR) is 126 cm³/mol. The summed E-state index contributed by atoms with van der Waals surface area (Å²) in [6, 6.07) is 6.56. The number of aliphatic imine (C=N–C) groups is 1. The van der Waals surface area contributed by atoms with Crippen molar-refractivity contribution in [2.75, 3.05) is 44.7 Å². The molecule has 1 saturated heterocycles. The van der Waals surface area contributed by atoms with Crippen molar-refractivity contribution in [3.05, 3.63) is 46.3 Å². The molecule has 1 N–H and O–H groups in total. The van der Waals surface area contributed by atoms with Gasteiger partial charge in [0.1, 0.15) is 5.76 Å². The molecule has 0 saturated carbocycles. The van der Waals surface area contributed by atoms with Gasteiger partial charge in [-0.15, -0.1) is 24.0 Å². The molecule has 1 aliphatic rings. The van der Waals surface area contributed by atoms with Crippen LogP contribution in [0.2, 0.25) is 0 Å². The van der Waals surface area contributed by atoms with Gasteiger partial charge in [0.15, 0.2) is 5.96 Å². The van der Waals surface area contributed by atoms with Crippen LogP contribution in [-0.2, 0) is 6.42 Å². The van der Waals surface area contributed by atoms with Crippen LogP contribution >= 0.6 is 24.0 Å². The molecule has 1 fully saturated rings. The summed E-state index contributed by atoms with van der Waals surface area (Å²) in [6.07, 6.45) is 0.892. The first-order valence-corrected chi connectivity index (χ1v) is 9.69. The minimum absolute atomic E-state index is 0. The van der Waals surface area contributed by atoms with Gasteiger partial charge in [-0.3, -0.25) is 4.99 Å². The van der Waals surface area contributed by atoms with Crippen molar-refractivity contribution in [3.63, 3.8) is 0 Å². The lowest BCUT2D eigenvalue weighted by Gasteiger charge is -2.38. The maximum absolute atomic E-state index is 5.24. The zero-order valence-corrected chi connectivity index (χ0v) is 19.9. The second kappa shape index (κ2) is 10.1. The number of nitrogens with zero attached hydrogens (tertiary/aromatic N) is 4. The molecule has 0 bridgehead atoms. The van der Waals surface area contributed by atoms with Crippen molar-refractivity contribution in [3.8, 4) is 0 Å². The fourth-order valence-corrected chi connectivity index (χ4v) is 3.73. The number of nitrogens with one attached hydrogen (secondary N) is 1. The van der Waals surface area contributed by atoms with E-state index in [1.165, 1.54) is 22.4 Å². The average Bonchev–Trinajstić information content (AvgIpc) is 2.99. The Kier molecular flexibility index (Phi) is 8.15. The molecule has 154 valence electrons. The zero-order chi connectivity index (χ0) is 19.4. The average molecular weight is 497 g/mol. The molecule has 7 heteroatoms. The lowest BCUT2D eigenvalue weighted by molar-refractivity contribution is 0.372. The summed E-state index contributed by atoms with van der Waals surface area (Å²) in [5.41, 5.74) is 6.26. The van der Waals surface area contributed by atoms with E-state index in [0.717, 1.165) is 56.6 Å². The third-order valence-electron chi connectivity index (χ3n) is 5.55. The van der Waals surface area contributed by atoms with Crippen LogP contribution in [0.15, 0.2) is 27.7 Å². The fraction of sp³-hybridized carbons (Fsp3) is 0.524. The van der Waals surface area contributed by atoms with E-state index < -0.39 is 0 Å². The van der Waals surface area contributed by atoms with Crippen molar-refractivity contribution in [1.29, 1.82) is 0 Å². The van der Waals surface area contributed by atoms with Crippen molar-refractivity contribution in [2.45, 2.75) is 34.1 Å². The van der Waals surface area contributed by atoms with E-state index in [2.05, 4.69) is 57.3 Å². The molecule has 1 aliphatic heterocycles. The van der Waals surface area contributed by atoms with Gasteiger partial charge in [-0.2, -0.15) is 0 Å². The van der Waals surface area contributed by atoms with Gasteiger partial charge in [0.25, 0.3) is 0 Å². The number of guanidine groups is 1. The van der Waals surface area contributed by atoms with Gasteiger partial charge in [0.05, 0.1) is 5.69 Å². The Bertz CT molecular complexity index is 790. The maximum atomic E-state index is 5.24. The molecule has 3 rings (SSSR count). The quantitative estimate of drug-likeness (QED) is 0.399. The summed E-state index contributed by atoms with van der Waals surface area (Å²) >= 11 is 0. The second-order valence-corrected chi connectivity index (χ2v) is 7.22. The Morgan fingerprint density at radius 3 is 2.46 bits per heavy atom. The molecule has 1 aromatic carbocycles. The molecule has 2 heterocycles. The van der Waals surface area contributed by atoms with E-state index in [1.54, 1.807) is 0 Å². The fourth-order valence-electron chi connectivity index (χ4n) is 3.73. The Labute approximate surface area is 185 Å². The first-order valence-electron chi connectivity index (χ1n) is 9.69. The standard InChI is InChI=1S/C21H31N5O.HI/c1-15-7-6-8-20(16(15)2)25-11-13-26(14-12-25)21(22-5)23-10-9-19-17(3)24-27-18(19)4;/h6-8H,9-14H2,1-5H3,(H,22,23);1H. The van der Waals surface area contributed by atoms with E-state index in [1.807, 2.05) is 20.9 Å². The summed E-state index contributed by atoms with van der Waals surface area (Å²) in [5.74, 6) is 1.88. The normalized spacial score (nSPS) is 14.8. The molecule has 6 nitrogen and oxygen atoms in total. The smallest absolute Gasteiger partial charge is 0.193 e. The van der Waals surface area contributed by atoms with Gasteiger partial charge in [-0.05, 0) is 51.3 Å². The van der Waals surface area contributed by atoms with Crippen molar-refractivity contribution < 1.29 is 4.52 Å². The van der Waals surface area contributed by atoms with Crippen molar-refractivity contribution in [2.24, 2.45) is 4.99 Å². The number of aryl methyl sites for hydroxylation is 3. The van der Waals surface area contributed by atoms with E-state index >= 15 is 0 Å². The van der Waals surface area contributed by atoms with Gasteiger partial charge in [0, 0.05) is 51.0 Å². The number of hydrogen-bond donors (Lipinski definition) is 1. The van der Waals surface area contributed by atoms with E-state index in [9.17, 15) is 0 Å². The first-order chi connectivity index (χ1) is 13.0. The summed E-state index contributed by atoms with van der Waals surface area (Å²) in [4.78, 5) is 9.30. The first kappa shape index (κ1) is 22.5. The Hall–Kier alpha value is -1.77. The summed E-state index contributed by atoms with van der Waals surface area (Å²) < 4.78 is 5.24. The second-order valence-electron chi connectivity index (χ2n) is 7.22. The third kappa shape index (κ3) is 4.98. The largest absolute Gasteiger partial charge is 0.368 e. The van der Waals surface area contributed by atoms with Gasteiger partial charge < -0.3 is 19.6 Å². The highest BCUT2D eigenvalue weighted by molar-refractivity contribution is 14.0. The van der Waals surface area contributed by atoms with Crippen LogP contribution in [0.5, 0.6) is 0 Å². The molecular weight excluding hydrogens is 465 g/mol. The van der Waals surface area contributed by atoms with Gasteiger partial charge in [-0.1, -0.05) is 17.3 Å². The van der Waals surface area contributed by atoms with Crippen molar-refractivity contribution in [1.82, 2.24) is 15.4 Å².